The number of imidazole rings is 1. The van der Waals surface area contributed by atoms with Crippen LogP contribution in [0.3, 0.4) is 0 Å². The molecule has 0 aliphatic rings. The van der Waals surface area contributed by atoms with Crippen LogP contribution in [0.2, 0.25) is 0 Å². The molecule has 20 heavy (non-hydrogen) atoms. The summed E-state index contributed by atoms with van der Waals surface area (Å²) in [6, 6.07) is 5.45. The monoisotopic (exact) mass is 270 g/mol. The number of rotatable bonds is 2. The Kier molecular flexibility index (Phi) is 2.97. The van der Waals surface area contributed by atoms with E-state index in [1.165, 1.54) is 6.20 Å². The van der Waals surface area contributed by atoms with Crippen molar-refractivity contribution in [1.82, 2.24) is 19.6 Å². The van der Waals surface area contributed by atoms with E-state index < -0.39 is 0 Å². The van der Waals surface area contributed by atoms with Crippen molar-refractivity contribution in [1.29, 1.82) is 0 Å². The van der Waals surface area contributed by atoms with Gasteiger partial charge in [-0.05, 0) is 31.0 Å². The van der Waals surface area contributed by atoms with E-state index in [4.69, 9.17) is 0 Å². The first-order valence-electron chi connectivity index (χ1n) is 6.54. The van der Waals surface area contributed by atoms with Gasteiger partial charge in [0.15, 0.2) is 11.5 Å². The first-order chi connectivity index (χ1) is 9.58. The third-order valence-corrected chi connectivity index (χ3v) is 3.22. The van der Waals surface area contributed by atoms with E-state index in [2.05, 4.69) is 28.9 Å². The number of pyridine rings is 1. The zero-order valence-electron chi connectivity index (χ0n) is 11.6. The average Bonchev–Trinajstić information content (AvgIpc) is 2.77. The molecule has 0 atom stereocenters. The molecule has 0 saturated heterocycles. The summed E-state index contributed by atoms with van der Waals surface area (Å²) >= 11 is 0. The quantitative estimate of drug-likeness (QED) is 0.717. The van der Waals surface area contributed by atoms with Crippen molar-refractivity contribution in [2.75, 3.05) is 0 Å². The molecule has 0 saturated carbocycles. The third-order valence-electron chi connectivity index (χ3n) is 3.22. The van der Waals surface area contributed by atoms with Gasteiger partial charge in [0.05, 0.1) is 23.3 Å². The minimum absolute atomic E-state index is 0.182. The summed E-state index contributed by atoms with van der Waals surface area (Å²) in [5.41, 5.74) is 3.64. The molecule has 0 unspecified atom stereocenters. The number of hydrogen-bond donors (Lipinski definition) is 0. The molecule has 3 aromatic heterocycles. The predicted molar refractivity (Wildman–Crippen MR) is 75.0 cm³/mol. The number of aromatic nitrogens is 4. The molecule has 3 rings (SSSR count). The van der Waals surface area contributed by atoms with Crippen molar-refractivity contribution >= 4 is 5.65 Å². The van der Waals surface area contributed by atoms with Gasteiger partial charge in [-0.15, -0.1) is 0 Å². The molecular formula is C15H15FN4. The lowest BCUT2D eigenvalue weighted by molar-refractivity contribution is 0.623. The molecule has 0 aliphatic heterocycles. The maximum absolute atomic E-state index is 14.0. The average molecular weight is 270 g/mol. The van der Waals surface area contributed by atoms with Crippen LogP contribution in [0.25, 0.3) is 16.9 Å². The largest absolute Gasteiger partial charge is 0.262 e. The van der Waals surface area contributed by atoms with Gasteiger partial charge in [-0.2, -0.15) is 5.10 Å². The van der Waals surface area contributed by atoms with Crippen LogP contribution < -0.4 is 0 Å². The lowest BCUT2D eigenvalue weighted by Crippen LogP contribution is -2.02. The highest BCUT2D eigenvalue weighted by Crippen LogP contribution is 2.30. The predicted octanol–water partition coefficient (Wildman–Crippen LogP) is 3.36. The van der Waals surface area contributed by atoms with Gasteiger partial charge in [-0.1, -0.05) is 13.8 Å². The smallest absolute Gasteiger partial charge is 0.154 e. The molecule has 102 valence electrons. The minimum Gasteiger partial charge on any atom is -0.262 e. The van der Waals surface area contributed by atoms with E-state index >= 15 is 0 Å². The van der Waals surface area contributed by atoms with Gasteiger partial charge in [0.25, 0.3) is 0 Å². The second-order valence-electron chi connectivity index (χ2n) is 5.10. The van der Waals surface area contributed by atoms with E-state index in [1.54, 1.807) is 16.8 Å². The minimum atomic E-state index is -0.366. The zero-order chi connectivity index (χ0) is 14.3. The summed E-state index contributed by atoms with van der Waals surface area (Å²) in [5.74, 6) is -0.184. The number of hydrogen-bond acceptors (Lipinski definition) is 3. The van der Waals surface area contributed by atoms with Crippen LogP contribution in [-0.4, -0.2) is 19.6 Å². The summed E-state index contributed by atoms with van der Waals surface area (Å²) in [5, 5.41) is 4.49. The van der Waals surface area contributed by atoms with Gasteiger partial charge in [0.1, 0.15) is 0 Å². The molecule has 3 heterocycles. The van der Waals surface area contributed by atoms with Gasteiger partial charge in [0, 0.05) is 11.8 Å². The maximum atomic E-state index is 14.0. The molecule has 0 radical (unpaired) electrons. The molecule has 4 nitrogen and oxygen atoms in total. The Morgan fingerprint density at radius 2 is 2.00 bits per heavy atom. The molecule has 3 aromatic rings. The first-order valence-corrected chi connectivity index (χ1v) is 6.54. The van der Waals surface area contributed by atoms with Crippen molar-refractivity contribution in [3.05, 3.63) is 47.8 Å². The van der Waals surface area contributed by atoms with Gasteiger partial charge >= 0.3 is 0 Å². The molecule has 0 aromatic carbocycles. The molecule has 0 bridgehead atoms. The Morgan fingerprint density at radius 1 is 1.20 bits per heavy atom. The maximum Gasteiger partial charge on any atom is 0.154 e. The SMILES string of the molecule is Cc1ccc2nc(-c3ccncc3F)c(C(C)C)n2n1. The van der Waals surface area contributed by atoms with Crippen LogP contribution in [0.1, 0.15) is 31.2 Å². The van der Waals surface area contributed by atoms with Crippen LogP contribution in [0, 0.1) is 12.7 Å². The third kappa shape index (κ3) is 1.95. The molecule has 0 N–H and O–H groups in total. The van der Waals surface area contributed by atoms with Crippen LogP contribution in [0.15, 0.2) is 30.6 Å². The summed E-state index contributed by atoms with van der Waals surface area (Å²) in [4.78, 5) is 8.33. The summed E-state index contributed by atoms with van der Waals surface area (Å²) in [6.07, 6.45) is 2.79. The topological polar surface area (TPSA) is 43.1 Å². The van der Waals surface area contributed by atoms with E-state index in [-0.39, 0.29) is 11.7 Å². The Bertz CT molecular complexity index is 777. The molecule has 0 aliphatic carbocycles. The van der Waals surface area contributed by atoms with E-state index in [1.807, 2.05) is 19.1 Å². The summed E-state index contributed by atoms with van der Waals surface area (Å²) in [6.45, 7) is 6.03. The summed E-state index contributed by atoms with van der Waals surface area (Å²) in [7, 11) is 0. The second-order valence-corrected chi connectivity index (χ2v) is 5.10. The van der Waals surface area contributed by atoms with E-state index in [9.17, 15) is 4.39 Å². The second kappa shape index (κ2) is 4.67. The van der Waals surface area contributed by atoms with E-state index in [0.717, 1.165) is 17.0 Å². The van der Waals surface area contributed by atoms with Gasteiger partial charge in [-0.25, -0.2) is 13.9 Å². The molecule has 5 heteroatoms. The zero-order valence-corrected chi connectivity index (χ0v) is 11.6. The number of fused-ring (bicyclic) bond motifs is 1. The Morgan fingerprint density at radius 3 is 2.70 bits per heavy atom. The van der Waals surface area contributed by atoms with Crippen LogP contribution in [0.4, 0.5) is 4.39 Å². The van der Waals surface area contributed by atoms with Gasteiger partial charge in [0.2, 0.25) is 0 Å². The van der Waals surface area contributed by atoms with Gasteiger partial charge in [-0.3, -0.25) is 4.98 Å². The molecule has 0 fully saturated rings. The standard InChI is InChI=1S/C15H15FN4/c1-9(2)15-14(11-6-7-17-8-12(11)16)18-13-5-4-10(3)19-20(13)15/h4-9H,1-3H3. The highest BCUT2D eigenvalue weighted by atomic mass is 19.1. The Hall–Kier alpha value is -2.30. The Labute approximate surface area is 116 Å². The highest BCUT2D eigenvalue weighted by Gasteiger charge is 2.20. The van der Waals surface area contributed by atoms with Crippen molar-refractivity contribution < 1.29 is 4.39 Å². The van der Waals surface area contributed by atoms with Crippen molar-refractivity contribution in [3.8, 4) is 11.3 Å². The molecular weight excluding hydrogens is 255 g/mol. The fraction of sp³-hybridized carbons (Fsp3) is 0.267. The number of halogens is 1. The van der Waals surface area contributed by atoms with E-state index in [0.29, 0.717) is 11.3 Å². The molecule has 0 amide bonds. The number of nitrogens with zero attached hydrogens (tertiary/aromatic N) is 4. The lowest BCUT2D eigenvalue weighted by Gasteiger charge is -2.08. The molecule has 0 spiro atoms. The summed E-state index contributed by atoms with van der Waals surface area (Å²) < 4.78 is 15.8. The fourth-order valence-electron chi connectivity index (χ4n) is 2.33. The highest BCUT2D eigenvalue weighted by molar-refractivity contribution is 5.67. The lowest BCUT2D eigenvalue weighted by atomic mass is 10.0. The van der Waals surface area contributed by atoms with Crippen molar-refractivity contribution in [2.24, 2.45) is 0 Å². The van der Waals surface area contributed by atoms with Crippen molar-refractivity contribution in [2.45, 2.75) is 26.7 Å². The first kappa shape index (κ1) is 12.7. The van der Waals surface area contributed by atoms with Crippen molar-refractivity contribution in [3.63, 3.8) is 0 Å². The number of aryl methyl sites for hydroxylation is 1. The normalized spacial score (nSPS) is 11.4. The fourth-order valence-corrected chi connectivity index (χ4v) is 2.33. The Balaban J connectivity index is 2.36. The van der Waals surface area contributed by atoms with Crippen LogP contribution >= 0.6 is 0 Å². The van der Waals surface area contributed by atoms with Crippen LogP contribution in [-0.2, 0) is 0 Å². The van der Waals surface area contributed by atoms with Gasteiger partial charge < -0.3 is 0 Å². The van der Waals surface area contributed by atoms with Crippen LogP contribution in [0.5, 0.6) is 0 Å².